The Labute approximate surface area is 119 Å². The summed E-state index contributed by atoms with van der Waals surface area (Å²) in [7, 11) is 0. The molecule has 4 heteroatoms. The van der Waals surface area contributed by atoms with E-state index in [9.17, 15) is 13.2 Å². The lowest BCUT2D eigenvalue weighted by molar-refractivity contribution is -0.138. The summed E-state index contributed by atoms with van der Waals surface area (Å²) < 4.78 is 39.6. The summed E-state index contributed by atoms with van der Waals surface area (Å²) >= 11 is 0. The van der Waals surface area contributed by atoms with E-state index >= 15 is 0 Å². The molecule has 0 aliphatic heterocycles. The molecule has 0 bridgehead atoms. The van der Waals surface area contributed by atoms with E-state index in [4.69, 9.17) is 0 Å². The fourth-order valence-corrected chi connectivity index (χ4v) is 2.26. The summed E-state index contributed by atoms with van der Waals surface area (Å²) in [6, 6.07) is 4.76. The van der Waals surface area contributed by atoms with Crippen LogP contribution in [0, 0.1) is 0 Å². The second-order valence-electron chi connectivity index (χ2n) is 5.44. The molecule has 0 aliphatic carbocycles. The standard InChI is InChI=1S/C16H24F3N/c1-5-9-20(6-2)11-14-8-7-13(12(3)4)10-15(14)16(17,18)19/h7-8,10,12H,5-6,9,11H2,1-4H3. The first-order chi connectivity index (χ1) is 9.29. The van der Waals surface area contributed by atoms with Gasteiger partial charge in [-0.05, 0) is 42.6 Å². The van der Waals surface area contributed by atoms with Gasteiger partial charge in [0.1, 0.15) is 0 Å². The SMILES string of the molecule is CCCN(CC)Cc1ccc(C(C)C)cc1C(F)(F)F. The van der Waals surface area contributed by atoms with Gasteiger partial charge in [-0.3, -0.25) is 4.90 Å². The Hall–Kier alpha value is -1.03. The van der Waals surface area contributed by atoms with Crippen LogP contribution in [-0.4, -0.2) is 18.0 Å². The lowest BCUT2D eigenvalue weighted by Crippen LogP contribution is -2.25. The monoisotopic (exact) mass is 287 g/mol. The van der Waals surface area contributed by atoms with Crippen molar-refractivity contribution >= 4 is 0 Å². The maximum Gasteiger partial charge on any atom is 0.416 e. The highest BCUT2D eigenvalue weighted by Gasteiger charge is 2.33. The van der Waals surface area contributed by atoms with Crippen LogP contribution in [0.5, 0.6) is 0 Å². The molecule has 1 aromatic rings. The van der Waals surface area contributed by atoms with Gasteiger partial charge in [-0.1, -0.05) is 39.8 Å². The van der Waals surface area contributed by atoms with Crippen LogP contribution in [-0.2, 0) is 12.7 Å². The molecule has 0 amide bonds. The lowest BCUT2D eigenvalue weighted by atomic mass is 9.96. The molecule has 20 heavy (non-hydrogen) atoms. The first kappa shape index (κ1) is 17.0. The van der Waals surface area contributed by atoms with Gasteiger partial charge in [-0.2, -0.15) is 13.2 Å². The van der Waals surface area contributed by atoms with Crippen molar-refractivity contribution in [2.45, 2.75) is 52.8 Å². The zero-order valence-corrected chi connectivity index (χ0v) is 12.7. The highest BCUT2D eigenvalue weighted by atomic mass is 19.4. The molecular weight excluding hydrogens is 263 g/mol. The van der Waals surface area contributed by atoms with Crippen LogP contribution >= 0.6 is 0 Å². The van der Waals surface area contributed by atoms with E-state index in [1.54, 1.807) is 6.07 Å². The second kappa shape index (κ2) is 7.11. The average molecular weight is 287 g/mol. The molecule has 0 atom stereocenters. The summed E-state index contributed by atoms with van der Waals surface area (Å²) in [5, 5.41) is 0. The third-order valence-electron chi connectivity index (χ3n) is 3.49. The molecule has 0 saturated heterocycles. The predicted molar refractivity (Wildman–Crippen MR) is 76.8 cm³/mol. The molecule has 0 saturated carbocycles. The molecule has 1 aromatic carbocycles. The minimum absolute atomic E-state index is 0.100. The maximum absolute atomic E-state index is 13.2. The Morgan fingerprint density at radius 2 is 1.80 bits per heavy atom. The van der Waals surface area contributed by atoms with Crippen molar-refractivity contribution in [1.82, 2.24) is 4.90 Å². The van der Waals surface area contributed by atoms with Crippen molar-refractivity contribution < 1.29 is 13.2 Å². The summed E-state index contributed by atoms with van der Waals surface area (Å²) in [6.07, 6.45) is -3.34. The van der Waals surface area contributed by atoms with Crippen LogP contribution in [0.4, 0.5) is 13.2 Å². The molecule has 0 spiro atoms. The topological polar surface area (TPSA) is 3.24 Å². The first-order valence-electron chi connectivity index (χ1n) is 7.21. The van der Waals surface area contributed by atoms with Gasteiger partial charge in [-0.25, -0.2) is 0 Å². The van der Waals surface area contributed by atoms with E-state index in [1.165, 1.54) is 6.07 Å². The molecule has 0 fully saturated rings. The number of alkyl halides is 3. The van der Waals surface area contributed by atoms with Gasteiger partial charge in [0, 0.05) is 6.54 Å². The molecule has 0 aromatic heterocycles. The van der Waals surface area contributed by atoms with E-state index in [2.05, 4.69) is 0 Å². The van der Waals surface area contributed by atoms with Gasteiger partial charge in [0.2, 0.25) is 0 Å². The lowest BCUT2D eigenvalue weighted by Gasteiger charge is -2.23. The van der Waals surface area contributed by atoms with E-state index in [0.717, 1.165) is 25.1 Å². The summed E-state index contributed by atoms with van der Waals surface area (Å²) in [6.45, 7) is 9.77. The Bertz CT molecular complexity index is 424. The fourth-order valence-electron chi connectivity index (χ4n) is 2.26. The number of halogens is 3. The van der Waals surface area contributed by atoms with Gasteiger partial charge in [0.25, 0.3) is 0 Å². The minimum atomic E-state index is -4.29. The van der Waals surface area contributed by atoms with Gasteiger partial charge in [-0.15, -0.1) is 0 Å². The number of nitrogens with zero attached hydrogens (tertiary/aromatic N) is 1. The molecular formula is C16H24F3N. The quantitative estimate of drug-likeness (QED) is 0.707. The third-order valence-corrected chi connectivity index (χ3v) is 3.49. The Morgan fingerprint density at radius 3 is 2.25 bits per heavy atom. The zero-order valence-electron chi connectivity index (χ0n) is 12.7. The Kier molecular flexibility index (Phi) is 6.06. The molecule has 0 aliphatic rings. The van der Waals surface area contributed by atoms with E-state index < -0.39 is 11.7 Å². The van der Waals surface area contributed by atoms with Crippen LogP contribution < -0.4 is 0 Å². The molecule has 114 valence electrons. The van der Waals surface area contributed by atoms with Gasteiger partial charge in [0.15, 0.2) is 0 Å². The summed E-state index contributed by atoms with van der Waals surface area (Å²) in [5.74, 6) is 0.100. The van der Waals surface area contributed by atoms with Crippen molar-refractivity contribution in [3.63, 3.8) is 0 Å². The molecule has 1 rings (SSSR count). The Morgan fingerprint density at radius 1 is 1.15 bits per heavy atom. The number of hydrogen-bond donors (Lipinski definition) is 0. The van der Waals surface area contributed by atoms with E-state index in [1.807, 2.05) is 38.7 Å². The second-order valence-corrected chi connectivity index (χ2v) is 5.44. The molecule has 0 heterocycles. The van der Waals surface area contributed by atoms with Crippen LogP contribution in [0.1, 0.15) is 56.7 Å². The molecule has 1 nitrogen and oxygen atoms in total. The number of rotatable bonds is 6. The third kappa shape index (κ3) is 4.51. The van der Waals surface area contributed by atoms with Crippen molar-refractivity contribution in [2.75, 3.05) is 13.1 Å². The Balaban J connectivity index is 3.12. The normalized spacial score (nSPS) is 12.4. The molecule has 0 unspecified atom stereocenters. The summed E-state index contributed by atoms with van der Waals surface area (Å²) in [5.41, 5.74) is 0.620. The highest BCUT2D eigenvalue weighted by Crippen LogP contribution is 2.34. The van der Waals surface area contributed by atoms with Crippen LogP contribution in [0.3, 0.4) is 0 Å². The molecule has 0 N–H and O–H groups in total. The average Bonchev–Trinajstić information content (AvgIpc) is 2.37. The van der Waals surface area contributed by atoms with E-state index in [-0.39, 0.29) is 5.92 Å². The first-order valence-corrected chi connectivity index (χ1v) is 7.21. The van der Waals surface area contributed by atoms with Gasteiger partial charge in [0.05, 0.1) is 5.56 Å². The van der Waals surface area contributed by atoms with E-state index in [0.29, 0.717) is 12.1 Å². The number of hydrogen-bond acceptors (Lipinski definition) is 1. The smallest absolute Gasteiger partial charge is 0.299 e. The zero-order chi connectivity index (χ0) is 15.3. The predicted octanol–water partition coefficient (Wildman–Crippen LogP) is 5.06. The largest absolute Gasteiger partial charge is 0.416 e. The van der Waals surface area contributed by atoms with Gasteiger partial charge >= 0.3 is 6.18 Å². The highest BCUT2D eigenvalue weighted by molar-refractivity contribution is 5.35. The van der Waals surface area contributed by atoms with Crippen LogP contribution in [0.25, 0.3) is 0 Å². The van der Waals surface area contributed by atoms with Crippen molar-refractivity contribution in [3.05, 3.63) is 34.9 Å². The molecule has 0 radical (unpaired) electrons. The van der Waals surface area contributed by atoms with Crippen molar-refractivity contribution in [1.29, 1.82) is 0 Å². The van der Waals surface area contributed by atoms with Crippen LogP contribution in [0.15, 0.2) is 18.2 Å². The summed E-state index contributed by atoms with van der Waals surface area (Å²) in [4.78, 5) is 2.04. The number of benzene rings is 1. The maximum atomic E-state index is 13.2. The van der Waals surface area contributed by atoms with Crippen molar-refractivity contribution in [3.8, 4) is 0 Å². The minimum Gasteiger partial charge on any atom is -0.299 e. The van der Waals surface area contributed by atoms with Crippen LogP contribution in [0.2, 0.25) is 0 Å². The fraction of sp³-hybridized carbons (Fsp3) is 0.625. The van der Waals surface area contributed by atoms with Crippen molar-refractivity contribution in [2.24, 2.45) is 0 Å². The van der Waals surface area contributed by atoms with Gasteiger partial charge < -0.3 is 0 Å².